The van der Waals surface area contributed by atoms with Crippen molar-refractivity contribution < 1.29 is 9.84 Å². The number of aryl methyl sites for hydroxylation is 1. The number of hydrogen-bond acceptors (Lipinski definition) is 4. The molecule has 1 saturated heterocycles. The van der Waals surface area contributed by atoms with E-state index >= 15 is 0 Å². The molecule has 1 atom stereocenters. The zero-order valence-corrected chi connectivity index (χ0v) is 16.5. The van der Waals surface area contributed by atoms with Crippen LogP contribution in [-0.2, 0) is 6.54 Å². The number of phenols is 1. The number of rotatable bonds is 5. The van der Waals surface area contributed by atoms with Crippen LogP contribution in [0, 0.1) is 6.92 Å². The van der Waals surface area contributed by atoms with Crippen molar-refractivity contribution in [2.45, 2.75) is 32.2 Å². The first-order valence-electron chi connectivity index (χ1n) is 9.82. The molecule has 0 amide bonds. The fourth-order valence-corrected chi connectivity index (χ4v) is 4.14. The summed E-state index contributed by atoms with van der Waals surface area (Å²) in [6.07, 6.45) is 4.21. The zero-order chi connectivity index (χ0) is 19.5. The van der Waals surface area contributed by atoms with E-state index in [-0.39, 0.29) is 0 Å². The lowest BCUT2D eigenvalue weighted by Crippen LogP contribution is -2.34. The topological polar surface area (TPSA) is 61.4 Å². The van der Waals surface area contributed by atoms with E-state index in [1.807, 2.05) is 12.3 Å². The maximum atomic E-state index is 10.2. The minimum Gasteiger partial charge on any atom is -0.508 e. The molecule has 0 bridgehead atoms. The van der Waals surface area contributed by atoms with Crippen LogP contribution in [0.25, 0.3) is 11.1 Å². The van der Waals surface area contributed by atoms with E-state index in [0.29, 0.717) is 18.2 Å². The normalized spacial score (nSPS) is 17.6. The molecular weight excluding hydrogens is 350 g/mol. The van der Waals surface area contributed by atoms with Crippen molar-refractivity contribution in [1.29, 1.82) is 0 Å². The summed E-state index contributed by atoms with van der Waals surface area (Å²) in [5.41, 5.74) is 5.78. The van der Waals surface area contributed by atoms with Gasteiger partial charge in [-0.05, 0) is 50.1 Å². The van der Waals surface area contributed by atoms with Gasteiger partial charge in [-0.15, -0.1) is 0 Å². The monoisotopic (exact) mass is 377 g/mol. The standard InChI is InChI=1S/C23H27N3O2/c1-16-5-3-6-17(11-16)21-13-24-25-23(21)18-7-4-10-26(14-18)15-19-12-20(28-2)8-9-22(19)27/h3,5-6,8-9,11-13,18,27H,4,7,10,14-15H2,1-2H3,(H,24,25). The number of ether oxygens (including phenoxy) is 1. The van der Waals surface area contributed by atoms with Crippen molar-refractivity contribution in [3.63, 3.8) is 0 Å². The molecule has 2 aromatic carbocycles. The molecule has 28 heavy (non-hydrogen) atoms. The number of piperidine rings is 1. The van der Waals surface area contributed by atoms with Crippen LogP contribution in [0.15, 0.2) is 48.7 Å². The fraction of sp³-hybridized carbons (Fsp3) is 0.348. The van der Waals surface area contributed by atoms with Crippen LogP contribution < -0.4 is 4.74 Å². The van der Waals surface area contributed by atoms with Crippen LogP contribution in [-0.4, -0.2) is 40.4 Å². The number of nitrogens with one attached hydrogen (secondary N) is 1. The number of phenolic OH excluding ortho intramolecular Hbond substituents is 1. The van der Waals surface area contributed by atoms with E-state index in [2.05, 4.69) is 46.3 Å². The van der Waals surface area contributed by atoms with Crippen molar-refractivity contribution in [2.24, 2.45) is 0 Å². The Morgan fingerprint density at radius 3 is 2.96 bits per heavy atom. The molecular formula is C23H27N3O2. The van der Waals surface area contributed by atoms with Crippen LogP contribution in [0.3, 0.4) is 0 Å². The molecule has 1 unspecified atom stereocenters. The van der Waals surface area contributed by atoms with Crippen molar-refractivity contribution in [2.75, 3.05) is 20.2 Å². The van der Waals surface area contributed by atoms with E-state index in [9.17, 15) is 5.11 Å². The number of H-pyrrole nitrogens is 1. The third-order valence-corrected chi connectivity index (χ3v) is 5.59. The summed E-state index contributed by atoms with van der Waals surface area (Å²) in [5, 5.41) is 17.8. The molecule has 1 fully saturated rings. The maximum Gasteiger partial charge on any atom is 0.120 e. The summed E-state index contributed by atoms with van der Waals surface area (Å²) in [6.45, 7) is 4.80. The molecule has 1 aliphatic heterocycles. The third kappa shape index (κ3) is 3.90. The predicted molar refractivity (Wildman–Crippen MR) is 111 cm³/mol. The Morgan fingerprint density at radius 2 is 2.14 bits per heavy atom. The maximum absolute atomic E-state index is 10.2. The molecule has 146 valence electrons. The number of hydrogen-bond donors (Lipinski definition) is 2. The Morgan fingerprint density at radius 1 is 1.25 bits per heavy atom. The Hall–Kier alpha value is -2.79. The molecule has 2 heterocycles. The Labute approximate surface area is 166 Å². The second kappa shape index (κ2) is 8.07. The van der Waals surface area contributed by atoms with Gasteiger partial charge in [0.2, 0.25) is 0 Å². The highest BCUT2D eigenvalue weighted by atomic mass is 16.5. The minimum absolute atomic E-state index is 0.324. The molecule has 3 aromatic rings. The SMILES string of the molecule is COc1ccc(O)c(CN2CCCC(c3[nH]ncc3-c3cccc(C)c3)C2)c1. The molecule has 0 saturated carbocycles. The van der Waals surface area contributed by atoms with E-state index < -0.39 is 0 Å². The minimum atomic E-state index is 0.324. The molecule has 1 aliphatic rings. The van der Waals surface area contributed by atoms with E-state index in [1.54, 1.807) is 19.2 Å². The van der Waals surface area contributed by atoms with Gasteiger partial charge in [-0.2, -0.15) is 5.10 Å². The lowest BCUT2D eigenvalue weighted by molar-refractivity contribution is 0.196. The zero-order valence-electron chi connectivity index (χ0n) is 16.5. The van der Waals surface area contributed by atoms with Gasteiger partial charge in [-0.25, -0.2) is 0 Å². The van der Waals surface area contributed by atoms with Gasteiger partial charge >= 0.3 is 0 Å². The summed E-state index contributed by atoms with van der Waals surface area (Å²) in [6, 6.07) is 14.0. The second-order valence-electron chi connectivity index (χ2n) is 7.64. The van der Waals surface area contributed by atoms with E-state index in [0.717, 1.165) is 37.2 Å². The first-order chi connectivity index (χ1) is 13.6. The number of nitrogens with zero attached hydrogens (tertiary/aromatic N) is 2. The molecule has 0 spiro atoms. The van der Waals surface area contributed by atoms with Gasteiger partial charge < -0.3 is 9.84 Å². The van der Waals surface area contributed by atoms with Crippen LogP contribution in [0.2, 0.25) is 0 Å². The van der Waals surface area contributed by atoms with Gasteiger partial charge in [0.05, 0.1) is 13.3 Å². The molecule has 1 aromatic heterocycles. The molecule has 2 N–H and O–H groups in total. The molecule has 4 rings (SSSR count). The first-order valence-corrected chi connectivity index (χ1v) is 9.82. The van der Waals surface area contributed by atoms with Crippen molar-refractivity contribution in [1.82, 2.24) is 15.1 Å². The Balaban J connectivity index is 1.53. The highest BCUT2D eigenvalue weighted by Crippen LogP contribution is 2.34. The van der Waals surface area contributed by atoms with Crippen LogP contribution in [0.1, 0.15) is 35.6 Å². The van der Waals surface area contributed by atoms with Gasteiger partial charge in [-0.3, -0.25) is 10.00 Å². The highest BCUT2D eigenvalue weighted by Gasteiger charge is 2.25. The van der Waals surface area contributed by atoms with Gasteiger partial charge in [0.1, 0.15) is 11.5 Å². The summed E-state index contributed by atoms with van der Waals surface area (Å²) >= 11 is 0. The van der Waals surface area contributed by atoms with Crippen LogP contribution >= 0.6 is 0 Å². The van der Waals surface area contributed by atoms with Crippen molar-refractivity contribution >= 4 is 0 Å². The van der Waals surface area contributed by atoms with E-state index in [4.69, 9.17) is 4.74 Å². The second-order valence-corrected chi connectivity index (χ2v) is 7.64. The largest absolute Gasteiger partial charge is 0.508 e. The lowest BCUT2D eigenvalue weighted by Gasteiger charge is -2.33. The molecule has 0 aliphatic carbocycles. The Bertz CT molecular complexity index is 951. The van der Waals surface area contributed by atoms with Gasteiger partial charge in [0, 0.05) is 35.8 Å². The summed E-state index contributed by atoms with van der Waals surface area (Å²) in [5.74, 6) is 1.50. The van der Waals surface area contributed by atoms with Gasteiger partial charge in [0.25, 0.3) is 0 Å². The van der Waals surface area contributed by atoms with Gasteiger partial charge in [-0.1, -0.05) is 29.8 Å². The predicted octanol–water partition coefficient (Wildman–Crippen LogP) is 4.48. The quantitative estimate of drug-likeness (QED) is 0.688. The van der Waals surface area contributed by atoms with Gasteiger partial charge in [0.15, 0.2) is 0 Å². The average Bonchev–Trinajstić information content (AvgIpc) is 3.20. The smallest absolute Gasteiger partial charge is 0.120 e. The van der Waals surface area contributed by atoms with Crippen molar-refractivity contribution in [3.8, 4) is 22.6 Å². The molecule has 0 radical (unpaired) electrons. The lowest BCUT2D eigenvalue weighted by atomic mass is 9.90. The number of aromatic nitrogens is 2. The molecule has 5 nitrogen and oxygen atoms in total. The number of benzene rings is 2. The summed E-state index contributed by atoms with van der Waals surface area (Å²) < 4.78 is 5.31. The average molecular weight is 377 g/mol. The van der Waals surface area contributed by atoms with Crippen LogP contribution in [0.4, 0.5) is 0 Å². The highest BCUT2D eigenvalue weighted by molar-refractivity contribution is 5.66. The third-order valence-electron chi connectivity index (χ3n) is 5.59. The number of methoxy groups -OCH3 is 1. The van der Waals surface area contributed by atoms with Crippen LogP contribution in [0.5, 0.6) is 11.5 Å². The molecule has 5 heteroatoms. The van der Waals surface area contributed by atoms with Crippen molar-refractivity contribution in [3.05, 3.63) is 65.5 Å². The summed E-state index contributed by atoms with van der Waals surface area (Å²) in [4.78, 5) is 2.41. The summed E-state index contributed by atoms with van der Waals surface area (Å²) in [7, 11) is 1.65. The first kappa shape index (κ1) is 18.6. The fourth-order valence-electron chi connectivity index (χ4n) is 4.14. The number of aromatic amines is 1. The number of aromatic hydroxyl groups is 1. The number of likely N-dealkylation sites (tertiary alicyclic amines) is 1. The van der Waals surface area contributed by atoms with E-state index in [1.165, 1.54) is 22.4 Å². The Kier molecular flexibility index (Phi) is 5.35.